The van der Waals surface area contributed by atoms with Crippen molar-refractivity contribution in [1.29, 1.82) is 0 Å². The lowest BCUT2D eigenvalue weighted by Gasteiger charge is -2.18. The maximum atomic E-state index is 6.33. The molecule has 3 atom stereocenters. The first-order chi connectivity index (χ1) is 9.56. The minimum Gasteiger partial charge on any atom is -0.378 e. The van der Waals surface area contributed by atoms with Gasteiger partial charge in [0.2, 0.25) is 0 Å². The standard InChI is InChI=1S/C16H21ClN2O/c1-10-4-5-15-14(8-10)18-16(11(2)17)19(15)9-13-6-7-20-12(13)3/h4-5,8,11-13H,6-7,9H2,1-3H3. The molecule has 0 saturated carbocycles. The highest BCUT2D eigenvalue weighted by Crippen LogP contribution is 2.29. The quantitative estimate of drug-likeness (QED) is 0.797. The third-order valence-electron chi connectivity index (χ3n) is 4.24. The van der Waals surface area contributed by atoms with Gasteiger partial charge in [-0.2, -0.15) is 0 Å². The van der Waals surface area contributed by atoms with Crippen LogP contribution in [0.4, 0.5) is 0 Å². The van der Waals surface area contributed by atoms with Gasteiger partial charge in [-0.15, -0.1) is 11.6 Å². The number of ether oxygens (including phenoxy) is 1. The minimum atomic E-state index is -0.0830. The van der Waals surface area contributed by atoms with Crippen molar-refractivity contribution in [2.75, 3.05) is 6.61 Å². The van der Waals surface area contributed by atoms with Crippen LogP contribution in [0.2, 0.25) is 0 Å². The number of fused-ring (bicyclic) bond motifs is 1. The zero-order valence-electron chi connectivity index (χ0n) is 12.3. The molecule has 108 valence electrons. The van der Waals surface area contributed by atoms with E-state index in [2.05, 4.69) is 36.6 Å². The van der Waals surface area contributed by atoms with E-state index >= 15 is 0 Å². The summed E-state index contributed by atoms with van der Waals surface area (Å²) in [5.74, 6) is 1.51. The highest BCUT2D eigenvalue weighted by atomic mass is 35.5. The van der Waals surface area contributed by atoms with Gasteiger partial charge in [0.25, 0.3) is 0 Å². The van der Waals surface area contributed by atoms with Crippen molar-refractivity contribution in [1.82, 2.24) is 9.55 Å². The SMILES string of the molecule is Cc1ccc2c(c1)nc(C(C)Cl)n2CC1CCOC1C. The van der Waals surface area contributed by atoms with Crippen molar-refractivity contribution in [2.45, 2.75) is 45.2 Å². The molecule has 1 aliphatic heterocycles. The molecule has 2 aromatic rings. The summed E-state index contributed by atoms with van der Waals surface area (Å²) in [5, 5.41) is -0.0830. The minimum absolute atomic E-state index is 0.0830. The van der Waals surface area contributed by atoms with Crippen LogP contribution in [0.5, 0.6) is 0 Å². The van der Waals surface area contributed by atoms with Crippen molar-refractivity contribution in [2.24, 2.45) is 5.92 Å². The number of rotatable bonds is 3. The van der Waals surface area contributed by atoms with E-state index in [1.807, 2.05) is 6.92 Å². The van der Waals surface area contributed by atoms with Crippen LogP contribution < -0.4 is 0 Å². The van der Waals surface area contributed by atoms with Gasteiger partial charge in [-0.1, -0.05) is 6.07 Å². The zero-order chi connectivity index (χ0) is 14.3. The molecule has 2 heterocycles. The van der Waals surface area contributed by atoms with Crippen molar-refractivity contribution in [3.63, 3.8) is 0 Å². The molecule has 20 heavy (non-hydrogen) atoms. The summed E-state index contributed by atoms with van der Waals surface area (Å²) in [4.78, 5) is 4.73. The topological polar surface area (TPSA) is 27.1 Å². The second-order valence-electron chi connectivity index (χ2n) is 5.81. The number of aromatic nitrogens is 2. The molecule has 3 nitrogen and oxygen atoms in total. The van der Waals surface area contributed by atoms with Gasteiger partial charge in [-0.3, -0.25) is 0 Å². The Morgan fingerprint density at radius 3 is 2.95 bits per heavy atom. The molecule has 1 saturated heterocycles. The second kappa shape index (κ2) is 5.38. The van der Waals surface area contributed by atoms with Crippen LogP contribution in [0.3, 0.4) is 0 Å². The van der Waals surface area contributed by atoms with Gasteiger partial charge in [0.15, 0.2) is 0 Å². The average Bonchev–Trinajstić information content (AvgIpc) is 2.95. The van der Waals surface area contributed by atoms with Crippen molar-refractivity contribution in [3.05, 3.63) is 29.6 Å². The first kappa shape index (κ1) is 13.9. The number of alkyl halides is 1. The van der Waals surface area contributed by atoms with Gasteiger partial charge >= 0.3 is 0 Å². The van der Waals surface area contributed by atoms with Gasteiger partial charge < -0.3 is 9.30 Å². The third-order valence-corrected chi connectivity index (χ3v) is 4.43. The molecule has 1 aromatic heterocycles. The molecule has 3 unspecified atom stereocenters. The Morgan fingerprint density at radius 1 is 1.50 bits per heavy atom. The summed E-state index contributed by atoms with van der Waals surface area (Å²) in [7, 11) is 0. The Kier molecular flexibility index (Phi) is 3.74. The summed E-state index contributed by atoms with van der Waals surface area (Å²) in [6, 6.07) is 6.42. The molecule has 1 aromatic carbocycles. The van der Waals surface area contributed by atoms with Crippen LogP contribution in [-0.4, -0.2) is 22.3 Å². The number of hydrogen-bond acceptors (Lipinski definition) is 2. The van der Waals surface area contributed by atoms with Crippen LogP contribution in [0.1, 0.15) is 37.0 Å². The van der Waals surface area contributed by atoms with E-state index in [0.717, 1.165) is 30.9 Å². The fourth-order valence-electron chi connectivity index (χ4n) is 3.00. The van der Waals surface area contributed by atoms with Crippen LogP contribution in [-0.2, 0) is 11.3 Å². The predicted octanol–water partition coefficient (Wildman–Crippen LogP) is 4.07. The normalized spacial score (nSPS) is 24.4. The number of halogens is 1. The monoisotopic (exact) mass is 292 g/mol. The van der Waals surface area contributed by atoms with Gasteiger partial charge in [0.05, 0.1) is 22.5 Å². The number of aryl methyl sites for hydroxylation is 1. The van der Waals surface area contributed by atoms with Crippen molar-refractivity contribution >= 4 is 22.6 Å². The molecule has 3 rings (SSSR count). The van der Waals surface area contributed by atoms with Crippen LogP contribution >= 0.6 is 11.6 Å². The molecule has 0 spiro atoms. The van der Waals surface area contributed by atoms with E-state index in [4.69, 9.17) is 21.3 Å². The molecule has 0 radical (unpaired) electrons. The Hall–Kier alpha value is -1.06. The lowest BCUT2D eigenvalue weighted by Crippen LogP contribution is -2.19. The van der Waals surface area contributed by atoms with Gasteiger partial charge in [-0.05, 0) is 44.9 Å². The lowest BCUT2D eigenvalue weighted by molar-refractivity contribution is 0.102. The molecule has 1 fully saturated rings. The number of nitrogens with zero attached hydrogens (tertiary/aromatic N) is 2. The Bertz CT molecular complexity index is 620. The molecule has 4 heteroatoms. The molecular formula is C16H21ClN2O. The first-order valence-electron chi connectivity index (χ1n) is 7.28. The van der Waals surface area contributed by atoms with E-state index in [0.29, 0.717) is 12.0 Å². The largest absolute Gasteiger partial charge is 0.378 e. The van der Waals surface area contributed by atoms with E-state index in [-0.39, 0.29) is 5.38 Å². The van der Waals surface area contributed by atoms with E-state index in [9.17, 15) is 0 Å². The fraction of sp³-hybridized carbons (Fsp3) is 0.562. The molecule has 1 aliphatic rings. The maximum absolute atomic E-state index is 6.33. The van der Waals surface area contributed by atoms with E-state index in [1.165, 1.54) is 11.1 Å². The molecule has 0 bridgehead atoms. The fourth-order valence-corrected chi connectivity index (χ4v) is 3.17. The number of imidazole rings is 1. The molecular weight excluding hydrogens is 272 g/mol. The van der Waals surface area contributed by atoms with Gasteiger partial charge in [0.1, 0.15) is 5.82 Å². The molecule has 0 amide bonds. The van der Waals surface area contributed by atoms with Crippen LogP contribution in [0.15, 0.2) is 18.2 Å². The Labute approximate surface area is 124 Å². The highest BCUT2D eigenvalue weighted by Gasteiger charge is 2.26. The van der Waals surface area contributed by atoms with Gasteiger partial charge in [-0.25, -0.2) is 4.98 Å². The summed E-state index contributed by atoms with van der Waals surface area (Å²) in [6.07, 6.45) is 1.43. The smallest absolute Gasteiger partial charge is 0.127 e. The van der Waals surface area contributed by atoms with Gasteiger partial charge in [0, 0.05) is 19.1 Å². The van der Waals surface area contributed by atoms with Crippen LogP contribution in [0.25, 0.3) is 11.0 Å². The predicted molar refractivity (Wildman–Crippen MR) is 82.3 cm³/mol. The van der Waals surface area contributed by atoms with E-state index < -0.39 is 0 Å². The molecule has 0 N–H and O–H groups in total. The van der Waals surface area contributed by atoms with Crippen molar-refractivity contribution in [3.8, 4) is 0 Å². The first-order valence-corrected chi connectivity index (χ1v) is 7.72. The lowest BCUT2D eigenvalue weighted by atomic mass is 10.0. The number of hydrogen-bond donors (Lipinski definition) is 0. The Balaban J connectivity index is 2.04. The summed E-state index contributed by atoms with van der Waals surface area (Å²) < 4.78 is 7.96. The average molecular weight is 293 g/mol. The maximum Gasteiger partial charge on any atom is 0.127 e. The summed E-state index contributed by atoms with van der Waals surface area (Å²) in [6.45, 7) is 8.04. The number of benzene rings is 1. The Morgan fingerprint density at radius 2 is 2.30 bits per heavy atom. The summed E-state index contributed by atoms with van der Waals surface area (Å²) >= 11 is 6.33. The third kappa shape index (κ3) is 2.45. The highest BCUT2D eigenvalue weighted by molar-refractivity contribution is 6.20. The van der Waals surface area contributed by atoms with Crippen molar-refractivity contribution < 1.29 is 4.74 Å². The van der Waals surface area contributed by atoms with Crippen LogP contribution in [0, 0.1) is 12.8 Å². The zero-order valence-corrected chi connectivity index (χ0v) is 13.0. The molecule has 0 aliphatic carbocycles. The van der Waals surface area contributed by atoms with E-state index in [1.54, 1.807) is 0 Å². The summed E-state index contributed by atoms with van der Waals surface area (Å²) in [5.41, 5.74) is 3.45. The second-order valence-corrected chi connectivity index (χ2v) is 6.47.